The molecule has 0 unspecified atom stereocenters. The molecule has 0 atom stereocenters. The van der Waals surface area contributed by atoms with Crippen molar-refractivity contribution in [2.24, 2.45) is 0 Å². The average molecular weight is 263 g/mol. The first-order valence-corrected chi connectivity index (χ1v) is 6.54. The van der Waals surface area contributed by atoms with Crippen molar-refractivity contribution < 1.29 is 14.3 Å². The van der Waals surface area contributed by atoms with Crippen molar-refractivity contribution in [3.8, 4) is 0 Å². The van der Waals surface area contributed by atoms with Crippen LogP contribution in [0.25, 0.3) is 0 Å². The van der Waals surface area contributed by atoms with Crippen LogP contribution >= 0.6 is 0 Å². The van der Waals surface area contributed by atoms with Gasteiger partial charge in [0.05, 0.1) is 6.61 Å². The Balaban J connectivity index is 2.39. The SMILES string of the molecule is CCOC(=O)CC(=O)NCc1ccc(C(C)C)cc1. The van der Waals surface area contributed by atoms with Crippen molar-refractivity contribution in [2.75, 3.05) is 6.61 Å². The Bertz CT molecular complexity index is 424. The fourth-order valence-electron chi connectivity index (χ4n) is 1.63. The van der Waals surface area contributed by atoms with E-state index in [0.717, 1.165) is 5.56 Å². The summed E-state index contributed by atoms with van der Waals surface area (Å²) in [5.41, 5.74) is 2.28. The van der Waals surface area contributed by atoms with Gasteiger partial charge in [-0.25, -0.2) is 0 Å². The Labute approximate surface area is 114 Å². The highest BCUT2D eigenvalue weighted by atomic mass is 16.5. The summed E-state index contributed by atoms with van der Waals surface area (Å²) in [6.45, 7) is 6.71. The van der Waals surface area contributed by atoms with Gasteiger partial charge in [0.15, 0.2) is 0 Å². The van der Waals surface area contributed by atoms with Gasteiger partial charge in [0, 0.05) is 6.54 Å². The van der Waals surface area contributed by atoms with Gasteiger partial charge >= 0.3 is 5.97 Å². The second kappa shape index (κ2) is 7.56. The Hall–Kier alpha value is -1.84. The smallest absolute Gasteiger partial charge is 0.315 e. The fraction of sp³-hybridized carbons (Fsp3) is 0.467. The fourth-order valence-corrected chi connectivity index (χ4v) is 1.63. The van der Waals surface area contributed by atoms with Crippen LogP contribution in [-0.4, -0.2) is 18.5 Å². The van der Waals surface area contributed by atoms with Gasteiger partial charge in [0.2, 0.25) is 5.91 Å². The lowest BCUT2D eigenvalue weighted by molar-refractivity contribution is -0.146. The number of benzene rings is 1. The Morgan fingerprint density at radius 2 is 1.84 bits per heavy atom. The molecule has 0 aromatic heterocycles. The monoisotopic (exact) mass is 263 g/mol. The topological polar surface area (TPSA) is 55.4 Å². The molecule has 0 aliphatic heterocycles. The third-order valence-corrected chi connectivity index (χ3v) is 2.75. The maximum absolute atomic E-state index is 11.5. The second-order valence-electron chi connectivity index (χ2n) is 4.65. The average Bonchev–Trinajstić information content (AvgIpc) is 2.37. The molecule has 104 valence electrons. The molecule has 0 radical (unpaired) electrons. The quantitative estimate of drug-likeness (QED) is 0.633. The van der Waals surface area contributed by atoms with Gasteiger partial charge in [-0.15, -0.1) is 0 Å². The number of hydrogen-bond acceptors (Lipinski definition) is 3. The van der Waals surface area contributed by atoms with Crippen molar-refractivity contribution >= 4 is 11.9 Å². The first-order valence-electron chi connectivity index (χ1n) is 6.54. The molecule has 4 heteroatoms. The van der Waals surface area contributed by atoms with E-state index >= 15 is 0 Å². The molecular weight excluding hydrogens is 242 g/mol. The Morgan fingerprint density at radius 1 is 1.21 bits per heavy atom. The molecule has 1 amide bonds. The number of carbonyl (C=O) groups is 2. The van der Waals surface area contributed by atoms with Crippen LogP contribution in [0.3, 0.4) is 0 Å². The lowest BCUT2D eigenvalue weighted by atomic mass is 10.0. The molecule has 0 bridgehead atoms. The van der Waals surface area contributed by atoms with E-state index in [0.29, 0.717) is 19.1 Å². The summed E-state index contributed by atoms with van der Waals surface area (Å²) in [5, 5.41) is 2.70. The largest absolute Gasteiger partial charge is 0.466 e. The minimum absolute atomic E-state index is 0.224. The van der Waals surface area contributed by atoms with Crippen LogP contribution in [0.1, 0.15) is 44.2 Å². The molecule has 19 heavy (non-hydrogen) atoms. The van der Waals surface area contributed by atoms with Crippen molar-refractivity contribution in [2.45, 2.75) is 39.7 Å². The summed E-state index contributed by atoms with van der Waals surface area (Å²) < 4.78 is 4.71. The maximum atomic E-state index is 11.5. The van der Waals surface area contributed by atoms with Gasteiger partial charge in [-0.3, -0.25) is 9.59 Å². The van der Waals surface area contributed by atoms with Crippen LogP contribution in [0, 0.1) is 0 Å². The van der Waals surface area contributed by atoms with Crippen LogP contribution in [0.5, 0.6) is 0 Å². The third-order valence-electron chi connectivity index (χ3n) is 2.75. The molecule has 1 rings (SSSR count). The summed E-state index contributed by atoms with van der Waals surface area (Å²) >= 11 is 0. The number of rotatable bonds is 6. The summed E-state index contributed by atoms with van der Waals surface area (Å²) in [5.74, 6) is -0.311. The molecule has 0 heterocycles. The van der Waals surface area contributed by atoms with Crippen molar-refractivity contribution in [3.63, 3.8) is 0 Å². The van der Waals surface area contributed by atoms with E-state index in [4.69, 9.17) is 4.74 Å². The van der Waals surface area contributed by atoms with Crippen molar-refractivity contribution in [3.05, 3.63) is 35.4 Å². The molecule has 1 aromatic carbocycles. The van der Waals surface area contributed by atoms with E-state index < -0.39 is 5.97 Å². The first-order chi connectivity index (χ1) is 9.02. The van der Waals surface area contributed by atoms with Gasteiger partial charge in [-0.1, -0.05) is 38.1 Å². The van der Waals surface area contributed by atoms with E-state index in [1.165, 1.54) is 5.56 Å². The molecule has 0 aliphatic carbocycles. The lowest BCUT2D eigenvalue weighted by Crippen LogP contribution is -2.26. The number of hydrogen-bond donors (Lipinski definition) is 1. The van der Waals surface area contributed by atoms with Gasteiger partial charge in [-0.2, -0.15) is 0 Å². The van der Waals surface area contributed by atoms with E-state index in [1.807, 2.05) is 12.1 Å². The highest BCUT2D eigenvalue weighted by Crippen LogP contribution is 2.14. The van der Waals surface area contributed by atoms with E-state index in [-0.39, 0.29) is 12.3 Å². The zero-order chi connectivity index (χ0) is 14.3. The first kappa shape index (κ1) is 15.2. The molecule has 1 aromatic rings. The normalized spacial score (nSPS) is 10.3. The highest BCUT2D eigenvalue weighted by Gasteiger charge is 2.09. The molecule has 0 spiro atoms. The zero-order valence-electron chi connectivity index (χ0n) is 11.7. The molecule has 0 saturated heterocycles. The number of amides is 1. The summed E-state index contributed by atoms with van der Waals surface area (Å²) in [6, 6.07) is 8.08. The maximum Gasteiger partial charge on any atom is 0.315 e. The zero-order valence-corrected chi connectivity index (χ0v) is 11.7. The Morgan fingerprint density at radius 3 is 2.37 bits per heavy atom. The van der Waals surface area contributed by atoms with E-state index in [1.54, 1.807) is 6.92 Å². The molecule has 0 aliphatic rings. The van der Waals surface area contributed by atoms with Crippen LogP contribution < -0.4 is 5.32 Å². The Kier molecular flexibility index (Phi) is 6.06. The van der Waals surface area contributed by atoms with Gasteiger partial charge < -0.3 is 10.1 Å². The van der Waals surface area contributed by atoms with E-state index in [9.17, 15) is 9.59 Å². The molecular formula is C15H21NO3. The number of esters is 1. The van der Waals surface area contributed by atoms with Crippen molar-refractivity contribution in [1.82, 2.24) is 5.32 Å². The number of ether oxygens (including phenoxy) is 1. The minimum Gasteiger partial charge on any atom is -0.466 e. The predicted octanol–water partition coefficient (Wildman–Crippen LogP) is 2.38. The van der Waals surface area contributed by atoms with Crippen LogP contribution in [0.4, 0.5) is 0 Å². The van der Waals surface area contributed by atoms with Gasteiger partial charge in [-0.05, 0) is 24.0 Å². The van der Waals surface area contributed by atoms with Crippen LogP contribution in [-0.2, 0) is 20.9 Å². The van der Waals surface area contributed by atoms with E-state index in [2.05, 4.69) is 31.3 Å². The summed E-state index contributed by atoms with van der Waals surface area (Å²) in [7, 11) is 0. The lowest BCUT2D eigenvalue weighted by Gasteiger charge is -2.08. The summed E-state index contributed by atoms with van der Waals surface area (Å²) in [4.78, 5) is 22.6. The van der Waals surface area contributed by atoms with Crippen molar-refractivity contribution in [1.29, 1.82) is 0 Å². The molecule has 4 nitrogen and oxygen atoms in total. The molecule has 0 fully saturated rings. The second-order valence-corrected chi connectivity index (χ2v) is 4.65. The summed E-state index contributed by atoms with van der Waals surface area (Å²) in [6.07, 6.45) is -0.224. The number of carbonyl (C=O) groups excluding carboxylic acids is 2. The minimum atomic E-state index is -0.491. The van der Waals surface area contributed by atoms with Gasteiger partial charge in [0.25, 0.3) is 0 Å². The van der Waals surface area contributed by atoms with Crippen LogP contribution in [0.15, 0.2) is 24.3 Å². The third kappa shape index (κ3) is 5.55. The molecule has 0 saturated carbocycles. The molecule has 1 N–H and O–H groups in total. The van der Waals surface area contributed by atoms with Gasteiger partial charge in [0.1, 0.15) is 6.42 Å². The van der Waals surface area contributed by atoms with Crippen LogP contribution in [0.2, 0.25) is 0 Å². The number of nitrogens with one attached hydrogen (secondary N) is 1. The standard InChI is InChI=1S/C15H21NO3/c1-4-19-15(18)9-14(17)16-10-12-5-7-13(8-6-12)11(2)3/h5-8,11H,4,9-10H2,1-3H3,(H,16,17). The highest BCUT2D eigenvalue weighted by molar-refractivity contribution is 5.94. The predicted molar refractivity (Wildman–Crippen MR) is 73.6 cm³/mol.